The van der Waals surface area contributed by atoms with Gasteiger partial charge in [0.1, 0.15) is 0 Å². The molecule has 0 atom stereocenters. The molecule has 2 rings (SSSR count). The molecule has 0 aromatic heterocycles. The quantitative estimate of drug-likeness (QED) is 0.620. The molecule has 1 saturated carbocycles. The molecule has 1 aliphatic rings. The fourth-order valence-corrected chi connectivity index (χ4v) is 1.64. The largest absolute Gasteiger partial charge is 0.462 e. The number of anilines is 2. The third kappa shape index (κ3) is 2.70. The van der Waals surface area contributed by atoms with E-state index < -0.39 is 0 Å². The Morgan fingerprint density at radius 3 is 2.82 bits per heavy atom. The number of nitrogens with two attached hydrogens (primary N) is 1. The van der Waals surface area contributed by atoms with Crippen molar-refractivity contribution in [1.82, 2.24) is 0 Å². The molecule has 1 aromatic rings. The maximum Gasteiger partial charge on any atom is 0.338 e. The Bertz CT molecular complexity index is 439. The van der Waals surface area contributed by atoms with Crippen LogP contribution in [0.3, 0.4) is 0 Å². The first-order valence-electron chi connectivity index (χ1n) is 5.89. The Morgan fingerprint density at radius 2 is 2.24 bits per heavy atom. The fourth-order valence-electron chi connectivity index (χ4n) is 1.64. The van der Waals surface area contributed by atoms with Crippen LogP contribution >= 0.6 is 0 Å². The molecule has 4 heteroatoms. The molecule has 1 aliphatic carbocycles. The Kier molecular flexibility index (Phi) is 2.96. The molecule has 0 saturated heterocycles. The zero-order valence-corrected chi connectivity index (χ0v) is 10.2. The van der Waals surface area contributed by atoms with Gasteiger partial charge >= 0.3 is 5.97 Å². The highest BCUT2D eigenvalue weighted by Gasteiger charge is 2.37. The van der Waals surface area contributed by atoms with Crippen LogP contribution < -0.4 is 11.1 Å². The minimum atomic E-state index is -0.309. The zero-order valence-electron chi connectivity index (χ0n) is 10.2. The van der Waals surface area contributed by atoms with Crippen molar-refractivity contribution in [1.29, 1.82) is 0 Å². The van der Waals surface area contributed by atoms with Gasteiger partial charge in [-0.15, -0.1) is 0 Å². The number of hydrogen-bond acceptors (Lipinski definition) is 4. The molecular weight excluding hydrogens is 216 g/mol. The SMILES string of the molecule is CCOC(=O)c1ccc(N)c(NC2(C)CC2)c1. The second-order valence-corrected chi connectivity index (χ2v) is 4.71. The number of nitrogens with one attached hydrogen (secondary N) is 1. The molecule has 92 valence electrons. The lowest BCUT2D eigenvalue weighted by atomic mass is 10.1. The summed E-state index contributed by atoms with van der Waals surface area (Å²) < 4.78 is 4.96. The number of esters is 1. The molecule has 0 unspecified atom stereocenters. The minimum absolute atomic E-state index is 0.140. The Labute approximate surface area is 101 Å². The summed E-state index contributed by atoms with van der Waals surface area (Å²) in [5.74, 6) is -0.309. The first-order valence-corrected chi connectivity index (χ1v) is 5.89. The zero-order chi connectivity index (χ0) is 12.5. The number of rotatable bonds is 4. The highest BCUT2D eigenvalue weighted by atomic mass is 16.5. The van der Waals surface area contributed by atoms with Gasteiger partial charge in [0.2, 0.25) is 0 Å². The summed E-state index contributed by atoms with van der Waals surface area (Å²) >= 11 is 0. The maximum atomic E-state index is 11.6. The predicted molar refractivity (Wildman–Crippen MR) is 68.1 cm³/mol. The van der Waals surface area contributed by atoms with Crippen molar-refractivity contribution in [2.75, 3.05) is 17.7 Å². The molecule has 0 aliphatic heterocycles. The molecule has 0 spiro atoms. The third-order valence-electron chi connectivity index (χ3n) is 3.00. The molecular formula is C13H18N2O2. The minimum Gasteiger partial charge on any atom is -0.462 e. The average Bonchev–Trinajstić information content (AvgIpc) is 3.00. The molecule has 1 fully saturated rings. The van der Waals surface area contributed by atoms with Crippen LogP contribution in [-0.4, -0.2) is 18.1 Å². The van der Waals surface area contributed by atoms with Gasteiger partial charge in [-0.25, -0.2) is 4.79 Å². The van der Waals surface area contributed by atoms with Crippen LogP contribution in [0.4, 0.5) is 11.4 Å². The summed E-state index contributed by atoms with van der Waals surface area (Å²) in [5, 5.41) is 3.37. The smallest absolute Gasteiger partial charge is 0.338 e. The summed E-state index contributed by atoms with van der Waals surface area (Å²) in [4.78, 5) is 11.6. The van der Waals surface area contributed by atoms with Crippen LogP contribution in [0.2, 0.25) is 0 Å². The van der Waals surface area contributed by atoms with Gasteiger partial charge in [0.05, 0.1) is 23.5 Å². The number of carbonyl (C=O) groups excluding carboxylic acids is 1. The summed E-state index contributed by atoms with van der Waals surface area (Å²) in [5.41, 5.74) is 8.03. The van der Waals surface area contributed by atoms with Crippen LogP contribution in [-0.2, 0) is 4.74 Å². The van der Waals surface area contributed by atoms with E-state index in [1.54, 1.807) is 25.1 Å². The van der Waals surface area contributed by atoms with E-state index in [1.165, 1.54) is 0 Å². The molecule has 0 amide bonds. The monoisotopic (exact) mass is 234 g/mol. The number of ether oxygens (including phenoxy) is 1. The van der Waals surface area contributed by atoms with Gasteiger partial charge in [-0.3, -0.25) is 0 Å². The third-order valence-corrected chi connectivity index (χ3v) is 3.00. The van der Waals surface area contributed by atoms with Gasteiger partial charge in [-0.05, 0) is 44.9 Å². The molecule has 0 bridgehead atoms. The average molecular weight is 234 g/mol. The van der Waals surface area contributed by atoms with Crippen molar-refractivity contribution in [3.8, 4) is 0 Å². The fraction of sp³-hybridized carbons (Fsp3) is 0.462. The highest BCUT2D eigenvalue weighted by Crippen LogP contribution is 2.39. The topological polar surface area (TPSA) is 64.3 Å². The second kappa shape index (κ2) is 4.28. The lowest BCUT2D eigenvalue weighted by molar-refractivity contribution is 0.0526. The van der Waals surface area contributed by atoms with E-state index in [0.717, 1.165) is 18.5 Å². The van der Waals surface area contributed by atoms with Crippen LogP contribution in [0.25, 0.3) is 0 Å². The van der Waals surface area contributed by atoms with Gasteiger partial charge in [0, 0.05) is 5.54 Å². The standard InChI is InChI=1S/C13H18N2O2/c1-3-17-12(16)9-4-5-10(14)11(8-9)15-13(2)6-7-13/h4-5,8,15H,3,6-7,14H2,1-2H3. The van der Waals surface area contributed by atoms with Crippen molar-refractivity contribution in [3.05, 3.63) is 23.8 Å². The summed E-state index contributed by atoms with van der Waals surface area (Å²) in [7, 11) is 0. The normalized spacial score (nSPS) is 16.4. The summed E-state index contributed by atoms with van der Waals surface area (Å²) in [6, 6.07) is 5.19. The molecule has 17 heavy (non-hydrogen) atoms. The van der Waals surface area contributed by atoms with Crippen molar-refractivity contribution in [2.45, 2.75) is 32.2 Å². The van der Waals surface area contributed by atoms with Crippen molar-refractivity contribution in [2.24, 2.45) is 0 Å². The van der Waals surface area contributed by atoms with Gasteiger partial charge in [0.15, 0.2) is 0 Å². The van der Waals surface area contributed by atoms with Crippen LogP contribution in [0, 0.1) is 0 Å². The molecule has 0 heterocycles. The van der Waals surface area contributed by atoms with Crippen molar-refractivity contribution < 1.29 is 9.53 Å². The predicted octanol–water partition coefficient (Wildman–Crippen LogP) is 2.41. The lowest BCUT2D eigenvalue weighted by Crippen LogP contribution is -2.17. The number of benzene rings is 1. The van der Waals surface area contributed by atoms with E-state index in [1.807, 2.05) is 0 Å². The second-order valence-electron chi connectivity index (χ2n) is 4.71. The van der Waals surface area contributed by atoms with E-state index in [9.17, 15) is 4.79 Å². The molecule has 4 nitrogen and oxygen atoms in total. The van der Waals surface area contributed by atoms with Crippen molar-refractivity contribution >= 4 is 17.3 Å². The van der Waals surface area contributed by atoms with Crippen molar-refractivity contribution in [3.63, 3.8) is 0 Å². The van der Waals surface area contributed by atoms with Crippen LogP contribution in [0.15, 0.2) is 18.2 Å². The number of hydrogen-bond donors (Lipinski definition) is 2. The summed E-state index contributed by atoms with van der Waals surface area (Å²) in [6.07, 6.45) is 2.27. The first kappa shape index (κ1) is 11.8. The van der Waals surface area contributed by atoms with E-state index >= 15 is 0 Å². The van der Waals surface area contributed by atoms with Crippen LogP contribution in [0.5, 0.6) is 0 Å². The number of carbonyl (C=O) groups is 1. The Balaban J connectivity index is 2.19. The molecule has 0 radical (unpaired) electrons. The lowest BCUT2D eigenvalue weighted by Gasteiger charge is -2.16. The van der Waals surface area contributed by atoms with E-state index in [0.29, 0.717) is 17.9 Å². The highest BCUT2D eigenvalue weighted by molar-refractivity contribution is 5.92. The van der Waals surface area contributed by atoms with Gasteiger partial charge in [-0.1, -0.05) is 0 Å². The molecule has 1 aromatic carbocycles. The van der Waals surface area contributed by atoms with Crippen LogP contribution in [0.1, 0.15) is 37.0 Å². The van der Waals surface area contributed by atoms with E-state index in [4.69, 9.17) is 10.5 Å². The van der Waals surface area contributed by atoms with E-state index in [-0.39, 0.29) is 11.5 Å². The van der Waals surface area contributed by atoms with Gasteiger partial charge in [-0.2, -0.15) is 0 Å². The first-order chi connectivity index (χ1) is 8.04. The maximum absolute atomic E-state index is 11.6. The molecule has 3 N–H and O–H groups in total. The Morgan fingerprint density at radius 1 is 1.53 bits per heavy atom. The van der Waals surface area contributed by atoms with Gasteiger partial charge in [0.25, 0.3) is 0 Å². The number of nitrogen functional groups attached to an aromatic ring is 1. The van der Waals surface area contributed by atoms with Gasteiger partial charge < -0.3 is 15.8 Å². The summed E-state index contributed by atoms with van der Waals surface area (Å²) in [6.45, 7) is 4.31. The van der Waals surface area contributed by atoms with E-state index in [2.05, 4.69) is 12.2 Å². The Hall–Kier alpha value is -1.71.